The van der Waals surface area contributed by atoms with Gasteiger partial charge in [-0.25, -0.2) is 0 Å². The number of likely N-dealkylation sites (N-methyl/N-ethyl adjacent to an activating group) is 5. The minimum Gasteiger partial charge on any atom is -0.437 e. The van der Waals surface area contributed by atoms with Crippen molar-refractivity contribution in [1.29, 1.82) is 0 Å². The van der Waals surface area contributed by atoms with Crippen LogP contribution in [0.1, 0.15) is 129 Å². The summed E-state index contributed by atoms with van der Waals surface area (Å²) in [7, 11) is 9.85. The number of nitro groups is 3. The van der Waals surface area contributed by atoms with Crippen LogP contribution < -0.4 is 32.6 Å². The average molecular weight is 1390 g/mol. The van der Waals surface area contributed by atoms with Crippen LogP contribution in [-0.4, -0.2) is 293 Å². The number of hydrogen-bond donors (Lipinski definition) is 9. The van der Waals surface area contributed by atoms with Gasteiger partial charge in [0.2, 0.25) is 34.8 Å². The third-order valence-electron chi connectivity index (χ3n) is 17.8. The number of amides is 2. The highest BCUT2D eigenvalue weighted by atomic mass is 79.9. The molecule has 540 valence electrons. The summed E-state index contributed by atoms with van der Waals surface area (Å²) < 4.78 is 0. The first-order valence-corrected chi connectivity index (χ1v) is 35.4. The van der Waals surface area contributed by atoms with E-state index in [1.54, 1.807) is 13.7 Å². The molecule has 8 aliphatic rings. The zero-order valence-corrected chi connectivity index (χ0v) is 60.3. The van der Waals surface area contributed by atoms with Crippen molar-refractivity contribution in [2.45, 2.75) is 172 Å². The number of nitrogens with two attached hydrogens (primary N) is 2. The lowest BCUT2D eigenvalue weighted by Gasteiger charge is -2.23. The summed E-state index contributed by atoms with van der Waals surface area (Å²) >= 11 is 3.22. The predicted octanol–water partition coefficient (Wildman–Crippen LogP) is 4.56. The molecular weight excluding hydrogens is 1260 g/mol. The number of nitrogens with one attached hydrogen (secondary N) is 4. The molecule has 0 aliphatic carbocycles. The molecule has 14 atom stereocenters. The number of aliphatic hydroxyl groups excluding tert-OH is 2. The molecule has 6 unspecified atom stereocenters. The number of hydrogen-bond acceptors (Lipinski definition) is 21. The lowest BCUT2D eigenvalue weighted by atomic mass is 9.84. The first-order chi connectivity index (χ1) is 43.8. The number of piperidine rings is 2. The Morgan fingerprint density at radius 2 is 1.06 bits per heavy atom. The van der Waals surface area contributed by atoms with Crippen molar-refractivity contribution in [2.75, 3.05) is 163 Å². The van der Waals surface area contributed by atoms with Gasteiger partial charge >= 0.3 is 7.05 Å². The molecule has 8 rings (SSSR count). The number of carbonyl (C=O) groups excluding carboxylic acids is 2. The van der Waals surface area contributed by atoms with Crippen molar-refractivity contribution in [3.63, 3.8) is 0 Å². The molecule has 30 heteroatoms. The Balaban J connectivity index is -0.000000982. The van der Waals surface area contributed by atoms with E-state index in [0.717, 1.165) is 134 Å². The summed E-state index contributed by atoms with van der Waals surface area (Å²) in [4.78, 5) is 63.8. The van der Waals surface area contributed by atoms with Gasteiger partial charge in [-0.2, -0.15) is 0 Å². The highest BCUT2D eigenvalue weighted by Crippen LogP contribution is 2.28. The van der Waals surface area contributed by atoms with Gasteiger partial charge in [-0.15, -0.1) is 0 Å². The zero-order chi connectivity index (χ0) is 70.1. The van der Waals surface area contributed by atoms with Gasteiger partial charge in [0.15, 0.2) is 11.6 Å². The fraction of sp³-hybridized carbons (Fsp3) is 0.905. The van der Waals surface area contributed by atoms with E-state index in [4.69, 9.17) is 42.4 Å². The molecule has 0 saturated carbocycles. The summed E-state index contributed by atoms with van der Waals surface area (Å²) in [5.74, 6) is 2.66. The number of aliphatic hydroxyl groups is 2. The summed E-state index contributed by atoms with van der Waals surface area (Å²) in [6, 6.07) is 1.51. The normalized spacial score (nSPS) is 27.8. The van der Waals surface area contributed by atoms with Crippen LogP contribution in [0.2, 0.25) is 6.82 Å². The third-order valence-corrected chi connectivity index (χ3v) is 18.2. The molecule has 0 aromatic rings. The Morgan fingerprint density at radius 3 is 1.34 bits per heavy atom. The standard InChI is InChI=1S/C9H17BN2O2.C9H17BN2O.C8H16N2O2.C8H18N2.C7H15BN2O.C6H12N2.C6H13N.C4H7Br.C3H7NO2.C2H5NO3.CH4/c1-2-12-5-7(3-4-13)8(6-12)11-9(10)14;1-3-7-5-12(4-2)6-8(7)11-9(10)13;1-3-7-5-9(4-2)6-8(7)10(11)12;1-3-7-5-10(4-2)6-8(7)9;1-8(11)9-7-5-10-3-2-6(7)4-10;7-6-4-8-2-1-5(6)3-8;1-3-5-6-7-4-2;1-2-3-4-5;1-2-3-4(5)6;4-2-1-3(5)6;/h7-8,13H,2-6H2,1H3,(H,11,14);7-8H,3-6H2,1-2H3,(H,11,13);7-8H,3-6H2,1-2H3;7-8H,3-6,9H2,1-2H3;6-7,9,11H,2-5H2,1H3;5-6H,1-4,7H2;3,5,7H,4,6H2,1-2H3;2-3H,4H2,1H3;2-3H2,1H3;4H,1-2H2;1H4/b;;;;;;5-3+;3-2+;;;/t4*7-,8-;;;;;;;/m0000......./s1. The number of nitrogens with zero attached hydrogens (tertiary/aromatic N) is 9. The topological polar surface area (TPSA) is 344 Å². The molecule has 8 saturated heterocycles. The average Bonchev–Trinajstić information content (AvgIpc) is 1.78. The number of alkyl halides is 1. The first kappa shape index (κ1) is 94.0. The Hall–Kier alpha value is -3.23. The van der Waals surface area contributed by atoms with Crippen LogP contribution in [0.15, 0.2) is 24.3 Å². The second kappa shape index (κ2) is 57.8. The molecule has 4 bridgehead atoms. The fourth-order valence-electron chi connectivity index (χ4n) is 12.3. The van der Waals surface area contributed by atoms with Crippen molar-refractivity contribution < 1.29 is 39.6 Å². The Bertz CT molecular complexity index is 1960. The van der Waals surface area contributed by atoms with Gasteiger partial charge in [0, 0.05) is 148 Å². The second-order valence-electron chi connectivity index (χ2n) is 24.6. The molecule has 0 aromatic heterocycles. The van der Waals surface area contributed by atoms with E-state index in [0.29, 0.717) is 42.9 Å². The molecule has 8 heterocycles. The smallest absolute Gasteiger partial charge is 0.373 e. The van der Waals surface area contributed by atoms with Crippen LogP contribution >= 0.6 is 15.9 Å². The van der Waals surface area contributed by atoms with Crippen molar-refractivity contribution >= 4 is 50.3 Å². The summed E-state index contributed by atoms with van der Waals surface area (Å²) in [5.41, 5.74) is 11.7. The molecule has 0 aromatic carbocycles. The highest BCUT2D eigenvalue weighted by molar-refractivity contribution is 9.09. The molecule has 8 fully saturated rings. The van der Waals surface area contributed by atoms with Crippen LogP contribution in [0.25, 0.3) is 0 Å². The summed E-state index contributed by atoms with van der Waals surface area (Å²) in [6.45, 7) is 45.3. The van der Waals surface area contributed by atoms with Gasteiger partial charge in [0.25, 0.3) is 0 Å². The lowest BCUT2D eigenvalue weighted by molar-refractivity contribution is -0.525. The maximum atomic E-state index is 10.7. The first-order valence-electron chi connectivity index (χ1n) is 34.3. The van der Waals surface area contributed by atoms with Gasteiger partial charge in [0.05, 0.1) is 6.54 Å². The number of halogens is 1. The van der Waals surface area contributed by atoms with E-state index < -0.39 is 16.5 Å². The van der Waals surface area contributed by atoms with Gasteiger partial charge in [-0.05, 0) is 122 Å². The van der Waals surface area contributed by atoms with Crippen LogP contribution in [0, 0.1) is 65.9 Å². The minimum atomic E-state index is -0.569. The molecule has 2 amide bonds. The molecule has 11 N–H and O–H groups in total. The number of rotatable bonds is 22. The molecular formula is C63H131B3BrN15O11. The SMILES string of the molecule is C.C/C=C/CBr.C/C=C/CNCC.CB(O)NC1CN2CCC1C2.CCC[N+](=O)[O-].CC[C@H]1CN(CC)C[C@@H]1N.CC[C@H]1CN(CC)C[C@@H]1[N+](=O)[O-].NC1CN2CCC1C2.O=[N+]([O-])CCO.[B]C(=O)N[C@H]1CN(CC)C[C@@H]1CC.[B]C(=O)N[C@H]1CN(CC)C[C@@H]1CCO. The van der Waals surface area contributed by atoms with Crippen molar-refractivity contribution in [2.24, 2.45) is 47.0 Å². The maximum absolute atomic E-state index is 10.7. The fourth-order valence-corrected chi connectivity index (χ4v) is 12.7. The van der Waals surface area contributed by atoms with Crippen LogP contribution in [0.3, 0.4) is 0 Å². The molecule has 0 spiro atoms. The van der Waals surface area contributed by atoms with Crippen LogP contribution in [0.5, 0.6) is 0 Å². The molecule has 8 aliphatic heterocycles. The van der Waals surface area contributed by atoms with E-state index in [1.807, 2.05) is 39.0 Å². The molecule has 26 nitrogen and oxygen atoms in total. The van der Waals surface area contributed by atoms with Gasteiger partial charge < -0.3 is 72.4 Å². The quantitative estimate of drug-likeness (QED) is 0.0179. The lowest BCUT2D eigenvalue weighted by Crippen LogP contribution is -2.46. The van der Waals surface area contributed by atoms with Crippen LogP contribution in [0.4, 0.5) is 9.59 Å². The van der Waals surface area contributed by atoms with Gasteiger partial charge in [-0.1, -0.05) is 123 Å². The van der Waals surface area contributed by atoms with Crippen LogP contribution in [-0.2, 0) is 0 Å². The molecule has 93 heavy (non-hydrogen) atoms. The van der Waals surface area contributed by atoms with Gasteiger partial charge in [-0.3, -0.25) is 44.8 Å². The maximum Gasteiger partial charge on any atom is 0.373 e. The molecule has 4 radical (unpaired) electrons. The van der Waals surface area contributed by atoms with Crippen molar-refractivity contribution in [3.05, 3.63) is 54.6 Å². The largest absolute Gasteiger partial charge is 0.437 e. The van der Waals surface area contributed by atoms with E-state index in [-0.39, 0.29) is 74.7 Å². The van der Waals surface area contributed by atoms with E-state index >= 15 is 0 Å². The van der Waals surface area contributed by atoms with Crippen molar-refractivity contribution in [1.82, 2.24) is 50.6 Å². The van der Waals surface area contributed by atoms with Gasteiger partial charge in [0.1, 0.15) is 6.61 Å². The Morgan fingerprint density at radius 1 is 0.602 bits per heavy atom. The number of likely N-dealkylation sites (tertiary alicyclic amines) is 4. The predicted molar refractivity (Wildman–Crippen MR) is 388 cm³/mol. The summed E-state index contributed by atoms with van der Waals surface area (Å²) in [6.07, 6.45) is 15.5. The third kappa shape index (κ3) is 43.6. The minimum absolute atomic E-state index is 0. The monoisotopic (exact) mass is 1390 g/mol. The van der Waals surface area contributed by atoms with E-state index in [1.165, 1.54) is 52.0 Å². The van der Waals surface area contributed by atoms with Crippen molar-refractivity contribution in [3.8, 4) is 0 Å². The Labute approximate surface area is 573 Å². The highest BCUT2D eigenvalue weighted by Gasteiger charge is 2.40. The Kier molecular flexibility index (Phi) is 58.4. The number of carbonyl (C=O) groups is 2. The zero-order valence-electron chi connectivity index (χ0n) is 58.8. The second-order valence-corrected chi connectivity index (χ2v) is 25.2. The summed E-state index contributed by atoms with van der Waals surface area (Å²) in [5, 5.41) is 67.9. The van der Waals surface area contributed by atoms with E-state index in [9.17, 15) is 39.9 Å². The number of allylic oxidation sites excluding steroid dienone is 3. The van der Waals surface area contributed by atoms with E-state index in [2.05, 4.69) is 121 Å². The number of fused-ring (bicyclic) bond motifs is 4.